The Morgan fingerprint density at radius 1 is 1.04 bits per heavy atom. The Kier molecular flexibility index (Phi) is 4.47. The van der Waals surface area contributed by atoms with E-state index in [1.165, 1.54) is 4.31 Å². The summed E-state index contributed by atoms with van der Waals surface area (Å²) in [6.07, 6.45) is 3.36. The van der Waals surface area contributed by atoms with Crippen LogP contribution < -0.4 is 0 Å². The zero-order valence-corrected chi connectivity index (χ0v) is 14.6. The van der Waals surface area contributed by atoms with Crippen LogP contribution in [0, 0.1) is 13.8 Å². The minimum absolute atomic E-state index is 0.0699. The summed E-state index contributed by atoms with van der Waals surface area (Å²) in [6, 6.07) is 6.91. The van der Waals surface area contributed by atoms with Gasteiger partial charge in [0.1, 0.15) is 0 Å². The summed E-state index contributed by atoms with van der Waals surface area (Å²) in [5, 5.41) is 0. The number of hydrogen-bond donors (Lipinski definition) is 1. The highest BCUT2D eigenvalue weighted by Gasteiger charge is 2.30. The zero-order valence-electron chi connectivity index (χ0n) is 13.8. The van der Waals surface area contributed by atoms with Gasteiger partial charge in [-0.25, -0.2) is 8.42 Å². The molecule has 1 aliphatic heterocycles. The smallest absolute Gasteiger partial charge is 0.255 e. The van der Waals surface area contributed by atoms with Gasteiger partial charge < -0.3 is 9.88 Å². The second-order valence-electron chi connectivity index (χ2n) is 6.04. The molecule has 128 valence electrons. The molecular weight excluding hydrogens is 326 g/mol. The fraction of sp³-hybridized carbons (Fsp3) is 0.353. The molecule has 1 aromatic carbocycles. The Bertz CT molecular complexity index is 836. The lowest BCUT2D eigenvalue weighted by atomic mass is 10.1. The number of aryl methyl sites for hydroxylation is 2. The number of amides is 1. The van der Waals surface area contributed by atoms with Crippen molar-refractivity contribution in [1.82, 2.24) is 14.2 Å². The summed E-state index contributed by atoms with van der Waals surface area (Å²) in [5.74, 6) is -0.0699. The number of piperazine rings is 1. The number of carbonyl (C=O) groups excluding carboxylic acids is 1. The van der Waals surface area contributed by atoms with Crippen molar-refractivity contribution in [3.63, 3.8) is 0 Å². The van der Waals surface area contributed by atoms with Crippen LogP contribution in [-0.4, -0.2) is 54.7 Å². The van der Waals surface area contributed by atoms with Gasteiger partial charge in [-0.1, -0.05) is 6.07 Å². The second kappa shape index (κ2) is 6.41. The Balaban J connectivity index is 1.71. The van der Waals surface area contributed by atoms with Crippen molar-refractivity contribution >= 4 is 15.9 Å². The number of nitrogens with zero attached hydrogens (tertiary/aromatic N) is 2. The molecule has 1 fully saturated rings. The lowest BCUT2D eigenvalue weighted by Crippen LogP contribution is -2.50. The summed E-state index contributed by atoms with van der Waals surface area (Å²) in [4.78, 5) is 17.2. The molecule has 6 nitrogen and oxygen atoms in total. The molecule has 0 atom stereocenters. The van der Waals surface area contributed by atoms with E-state index in [2.05, 4.69) is 4.98 Å². The summed E-state index contributed by atoms with van der Waals surface area (Å²) < 4.78 is 27.0. The molecule has 0 saturated carbocycles. The van der Waals surface area contributed by atoms with E-state index in [4.69, 9.17) is 0 Å². The van der Waals surface area contributed by atoms with E-state index < -0.39 is 10.0 Å². The minimum atomic E-state index is -3.52. The maximum atomic E-state index is 12.8. The molecule has 1 saturated heterocycles. The highest BCUT2D eigenvalue weighted by atomic mass is 32.2. The molecule has 0 aliphatic carbocycles. The monoisotopic (exact) mass is 347 g/mol. The third-order valence-corrected chi connectivity index (χ3v) is 6.38. The van der Waals surface area contributed by atoms with Crippen LogP contribution in [0.5, 0.6) is 0 Å². The predicted molar refractivity (Wildman–Crippen MR) is 91.4 cm³/mol. The number of rotatable bonds is 3. The van der Waals surface area contributed by atoms with Crippen LogP contribution in [0.3, 0.4) is 0 Å². The Morgan fingerprint density at radius 3 is 2.33 bits per heavy atom. The standard InChI is InChI=1S/C17H21N3O3S/c1-13-3-4-16(11-14(13)2)24(22,23)20-9-7-19(8-10-20)17(21)15-5-6-18-12-15/h3-6,11-12,18H,7-10H2,1-2H3. The van der Waals surface area contributed by atoms with Gasteiger partial charge in [0.05, 0.1) is 10.5 Å². The maximum Gasteiger partial charge on any atom is 0.255 e. The number of aromatic nitrogens is 1. The van der Waals surface area contributed by atoms with Crippen molar-refractivity contribution in [3.8, 4) is 0 Å². The Labute approximate surface area is 142 Å². The summed E-state index contributed by atoms with van der Waals surface area (Å²) >= 11 is 0. The van der Waals surface area contributed by atoms with E-state index in [1.807, 2.05) is 19.9 Å². The number of carbonyl (C=O) groups is 1. The lowest BCUT2D eigenvalue weighted by Gasteiger charge is -2.34. The third kappa shape index (κ3) is 3.09. The zero-order chi connectivity index (χ0) is 17.3. The fourth-order valence-electron chi connectivity index (χ4n) is 2.79. The Hall–Kier alpha value is -2.12. The van der Waals surface area contributed by atoms with Crippen molar-refractivity contribution in [2.45, 2.75) is 18.7 Å². The third-order valence-electron chi connectivity index (χ3n) is 4.49. The summed E-state index contributed by atoms with van der Waals surface area (Å²) in [5.41, 5.74) is 2.62. The van der Waals surface area contributed by atoms with E-state index in [9.17, 15) is 13.2 Å². The fourth-order valence-corrected chi connectivity index (χ4v) is 4.30. The number of aromatic amines is 1. The van der Waals surface area contributed by atoms with Crippen molar-refractivity contribution in [1.29, 1.82) is 0 Å². The van der Waals surface area contributed by atoms with Crippen LogP contribution >= 0.6 is 0 Å². The van der Waals surface area contributed by atoms with Crippen LogP contribution in [0.4, 0.5) is 0 Å². The van der Waals surface area contributed by atoms with Crippen molar-refractivity contribution in [2.75, 3.05) is 26.2 Å². The first-order chi connectivity index (χ1) is 11.4. The average Bonchev–Trinajstić information content (AvgIpc) is 3.11. The number of sulfonamides is 1. The van der Waals surface area contributed by atoms with Crippen LogP contribution in [-0.2, 0) is 10.0 Å². The SMILES string of the molecule is Cc1ccc(S(=O)(=O)N2CCN(C(=O)c3cc[nH]c3)CC2)cc1C. The highest BCUT2D eigenvalue weighted by Crippen LogP contribution is 2.21. The van der Waals surface area contributed by atoms with E-state index in [0.717, 1.165) is 11.1 Å². The maximum absolute atomic E-state index is 12.8. The van der Waals surface area contributed by atoms with Crippen molar-refractivity contribution < 1.29 is 13.2 Å². The quantitative estimate of drug-likeness (QED) is 0.920. The van der Waals surface area contributed by atoms with Gasteiger partial charge >= 0.3 is 0 Å². The normalized spacial score (nSPS) is 16.3. The molecule has 1 aliphatic rings. The van der Waals surface area contributed by atoms with Gasteiger partial charge in [0, 0.05) is 38.6 Å². The van der Waals surface area contributed by atoms with Crippen LogP contribution in [0.1, 0.15) is 21.5 Å². The van der Waals surface area contributed by atoms with Gasteiger partial charge in [0.2, 0.25) is 10.0 Å². The van der Waals surface area contributed by atoms with Crippen LogP contribution in [0.2, 0.25) is 0 Å². The molecule has 1 aromatic heterocycles. The first kappa shape index (κ1) is 16.7. The van der Waals surface area contributed by atoms with Crippen molar-refractivity contribution in [3.05, 3.63) is 53.3 Å². The molecular formula is C17H21N3O3S. The van der Waals surface area contributed by atoms with E-state index in [1.54, 1.807) is 35.5 Å². The summed E-state index contributed by atoms with van der Waals surface area (Å²) in [7, 11) is -3.52. The number of hydrogen-bond acceptors (Lipinski definition) is 3. The van der Waals surface area contributed by atoms with Gasteiger partial charge in [-0.15, -0.1) is 0 Å². The van der Waals surface area contributed by atoms with Gasteiger partial charge in [0.15, 0.2) is 0 Å². The molecule has 1 N–H and O–H groups in total. The molecule has 2 aromatic rings. The van der Waals surface area contributed by atoms with E-state index in [-0.39, 0.29) is 5.91 Å². The molecule has 2 heterocycles. The first-order valence-electron chi connectivity index (χ1n) is 7.89. The topological polar surface area (TPSA) is 73.5 Å². The van der Waals surface area contributed by atoms with Gasteiger partial charge in [0.25, 0.3) is 5.91 Å². The first-order valence-corrected chi connectivity index (χ1v) is 9.33. The molecule has 0 spiro atoms. The lowest BCUT2D eigenvalue weighted by molar-refractivity contribution is 0.0698. The minimum Gasteiger partial charge on any atom is -0.367 e. The molecule has 0 bridgehead atoms. The molecule has 24 heavy (non-hydrogen) atoms. The van der Waals surface area contributed by atoms with E-state index >= 15 is 0 Å². The molecule has 0 unspecified atom stereocenters. The number of nitrogens with one attached hydrogen (secondary N) is 1. The van der Waals surface area contributed by atoms with Crippen LogP contribution in [0.25, 0.3) is 0 Å². The van der Waals surface area contributed by atoms with Gasteiger partial charge in [-0.05, 0) is 43.2 Å². The average molecular weight is 347 g/mol. The molecule has 7 heteroatoms. The largest absolute Gasteiger partial charge is 0.367 e. The van der Waals surface area contributed by atoms with Crippen LogP contribution in [0.15, 0.2) is 41.6 Å². The highest BCUT2D eigenvalue weighted by molar-refractivity contribution is 7.89. The Morgan fingerprint density at radius 2 is 1.75 bits per heavy atom. The van der Waals surface area contributed by atoms with Gasteiger partial charge in [-0.2, -0.15) is 4.31 Å². The second-order valence-corrected chi connectivity index (χ2v) is 7.98. The van der Waals surface area contributed by atoms with E-state index in [0.29, 0.717) is 36.6 Å². The van der Waals surface area contributed by atoms with Gasteiger partial charge in [-0.3, -0.25) is 4.79 Å². The number of benzene rings is 1. The number of H-pyrrole nitrogens is 1. The molecule has 3 rings (SSSR count). The molecule has 0 radical (unpaired) electrons. The summed E-state index contributed by atoms with van der Waals surface area (Å²) in [6.45, 7) is 5.28. The van der Waals surface area contributed by atoms with Crippen molar-refractivity contribution in [2.24, 2.45) is 0 Å². The molecule has 1 amide bonds. The predicted octanol–water partition coefficient (Wildman–Crippen LogP) is 1.78.